The summed E-state index contributed by atoms with van der Waals surface area (Å²) < 4.78 is 5.12. The van der Waals surface area contributed by atoms with Gasteiger partial charge in [-0.1, -0.05) is 42.1 Å². The van der Waals surface area contributed by atoms with Gasteiger partial charge >= 0.3 is 0 Å². The first-order valence-electron chi connectivity index (χ1n) is 5.41. The van der Waals surface area contributed by atoms with E-state index in [0.717, 1.165) is 5.75 Å². The van der Waals surface area contributed by atoms with Crippen molar-refractivity contribution in [3.63, 3.8) is 0 Å². The molecule has 2 aromatic rings. The summed E-state index contributed by atoms with van der Waals surface area (Å²) in [6.45, 7) is 0. The Morgan fingerprint density at radius 2 is 1.65 bits per heavy atom. The molecule has 2 heteroatoms. The largest absolute Gasteiger partial charge is 0.497 e. The number of methoxy groups -OCH3 is 1. The van der Waals surface area contributed by atoms with E-state index in [1.807, 2.05) is 30.3 Å². The third-order valence-corrected chi connectivity index (χ3v) is 3.14. The van der Waals surface area contributed by atoms with Gasteiger partial charge in [0, 0.05) is 4.90 Å². The molecule has 0 aromatic heterocycles. The highest BCUT2D eigenvalue weighted by Gasteiger charge is 1.92. The Hall–Kier alpha value is -1.67. The lowest BCUT2D eigenvalue weighted by atomic mass is 10.2. The van der Waals surface area contributed by atoms with Crippen LogP contribution in [0.1, 0.15) is 5.56 Å². The highest BCUT2D eigenvalue weighted by atomic mass is 32.2. The van der Waals surface area contributed by atoms with Crippen molar-refractivity contribution in [2.45, 2.75) is 4.90 Å². The molecule has 0 spiro atoms. The van der Waals surface area contributed by atoms with Crippen molar-refractivity contribution in [3.05, 3.63) is 65.6 Å². The second-order valence-corrected chi connectivity index (χ2v) is 4.49. The van der Waals surface area contributed by atoms with Crippen LogP contribution in [0.3, 0.4) is 0 Å². The quantitative estimate of drug-likeness (QED) is 0.732. The molecule has 0 fully saturated rings. The van der Waals surface area contributed by atoms with E-state index >= 15 is 0 Å². The van der Waals surface area contributed by atoms with Crippen molar-refractivity contribution < 1.29 is 4.74 Å². The van der Waals surface area contributed by atoms with Crippen molar-refractivity contribution in [2.75, 3.05) is 7.11 Å². The van der Waals surface area contributed by atoms with Crippen molar-refractivity contribution in [1.82, 2.24) is 0 Å². The molecule has 86 valence electrons. The fourth-order valence-corrected chi connectivity index (χ4v) is 2.09. The summed E-state index contributed by atoms with van der Waals surface area (Å²) >= 11 is 1.70. The molecule has 0 saturated carbocycles. The Morgan fingerprint density at radius 1 is 0.941 bits per heavy atom. The number of hydrogen-bond donors (Lipinski definition) is 0. The van der Waals surface area contributed by atoms with Crippen LogP contribution in [0.2, 0.25) is 0 Å². The van der Waals surface area contributed by atoms with Crippen LogP contribution in [0.15, 0.2) is 64.9 Å². The molecule has 0 amide bonds. The molecule has 0 bridgehead atoms. The first-order valence-corrected chi connectivity index (χ1v) is 6.29. The van der Waals surface area contributed by atoms with Gasteiger partial charge in [-0.15, -0.1) is 0 Å². The van der Waals surface area contributed by atoms with Crippen LogP contribution < -0.4 is 4.74 Å². The summed E-state index contributed by atoms with van der Waals surface area (Å²) in [5.41, 5.74) is 1.22. The number of hydrogen-bond acceptors (Lipinski definition) is 2. The van der Waals surface area contributed by atoms with Gasteiger partial charge in [0.2, 0.25) is 0 Å². The standard InChI is InChI=1S/C15H14OS/c1-16-14-7-9-15(10-8-14)17-12-11-13-5-3-2-4-6-13/h2-12H,1H3/b12-11-. The van der Waals surface area contributed by atoms with Crippen molar-refractivity contribution in [1.29, 1.82) is 0 Å². The van der Waals surface area contributed by atoms with Gasteiger partial charge in [-0.05, 0) is 41.3 Å². The molecular weight excluding hydrogens is 228 g/mol. The van der Waals surface area contributed by atoms with E-state index in [1.165, 1.54) is 10.5 Å². The minimum Gasteiger partial charge on any atom is -0.497 e. The molecule has 0 atom stereocenters. The zero-order chi connectivity index (χ0) is 11.9. The molecule has 0 N–H and O–H groups in total. The van der Waals surface area contributed by atoms with Gasteiger partial charge in [-0.25, -0.2) is 0 Å². The molecule has 17 heavy (non-hydrogen) atoms. The molecule has 0 radical (unpaired) electrons. The lowest BCUT2D eigenvalue weighted by molar-refractivity contribution is 0.414. The Labute approximate surface area is 106 Å². The molecule has 0 aliphatic carbocycles. The Morgan fingerprint density at radius 3 is 2.29 bits per heavy atom. The zero-order valence-electron chi connectivity index (χ0n) is 9.67. The zero-order valence-corrected chi connectivity index (χ0v) is 10.5. The van der Waals surface area contributed by atoms with Gasteiger partial charge in [0.25, 0.3) is 0 Å². The lowest BCUT2D eigenvalue weighted by Crippen LogP contribution is -1.80. The summed E-state index contributed by atoms with van der Waals surface area (Å²) in [5, 5.41) is 2.09. The SMILES string of the molecule is COc1ccc(S/C=C\c2ccccc2)cc1. The van der Waals surface area contributed by atoms with Crippen LogP contribution in [0, 0.1) is 0 Å². The highest BCUT2D eigenvalue weighted by molar-refractivity contribution is 8.02. The van der Waals surface area contributed by atoms with E-state index in [2.05, 4.69) is 35.7 Å². The second-order valence-electron chi connectivity index (χ2n) is 3.51. The van der Waals surface area contributed by atoms with Crippen molar-refractivity contribution in [2.24, 2.45) is 0 Å². The maximum absolute atomic E-state index is 5.12. The predicted molar refractivity (Wildman–Crippen MR) is 74.3 cm³/mol. The summed E-state index contributed by atoms with van der Waals surface area (Å²) in [6.07, 6.45) is 2.11. The van der Waals surface area contributed by atoms with E-state index in [9.17, 15) is 0 Å². The number of thioether (sulfide) groups is 1. The molecule has 1 nitrogen and oxygen atoms in total. The van der Waals surface area contributed by atoms with Crippen LogP contribution in [-0.4, -0.2) is 7.11 Å². The third kappa shape index (κ3) is 3.68. The average molecular weight is 242 g/mol. The minimum absolute atomic E-state index is 0.890. The van der Waals surface area contributed by atoms with Crippen LogP contribution >= 0.6 is 11.8 Å². The average Bonchev–Trinajstić information content (AvgIpc) is 2.41. The number of rotatable bonds is 4. The predicted octanol–water partition coefficient (Wildman–Crippen LogP) is 4.46. The number of ether oxygens (including phenoxy) is 1. The Bertz CT molecular complexity index is 474. The summed E-state index contributed by atoms with van der Waals surface area (Å²) in [5.74, 6) is 0.890. The fraction of sp³-hybridized carbons (Fsp3) is 0.0667. The highest BCUT2D eigenvalue weighted by Crippen LogP contribution is 2.22. The Balaban J connectivity index is 1.95. The molecule has 0 heterocycles. The van der Waals surface area contributed by atoms with Crippen molar-refractivity contribution >= 4 is 17.8 Å². The van der Waals surface area contributed by atoms with Crippen LogP contribution in [0.4, 0.5) is 0 Å². The van der Waals surface area contributed by atoms with E-state index in [1.54, 1.807) is 18.9 Å². The Kier molecular flexibility index (Phi) is 4.28. The van der Waals surface area contributed by atoms with E-state index in [4.69, 9.17) is 4.74 Å². The monoisotopic (exact) mass is 242 g/mol. The maximum Gasteiger partial charge on any atom is 0.118 e. The van der Waals surface area contributed by atoms with Gasteiger partial charge in [0.05, 0.1) is 7.11 Å². The minimum atomic E-state index is 0.890. The molecule has 2 aromatic carbocycles. The lowest BCUT2D eigenvalue weighted by Gasteiger charge is -2.00. The first kappa shape index (κ1) is 11.8. The molecule has 0 aliphatic heterocycles. The van der Waals surface area contributed by atoms with E-state index < -0.39 is 0 Å². The summed E-state index contributed by atoms with van der Waals surface area (Å²) in [7, 11) is 1.68. The summed E-state index contributed by atoms with van der Waals surface area (Å²) in [4.78, 5) is 1.21. The van der Waals surface area contributed by atoms with E-state index in [-0.39, 0.29) is 0 Å². The maximum atomic E-state index is 5.12. The van der Waals surface area contributed by atoms with Gasteiger partial charge in [0.15, 0.2) is 0 Å². The second kappa shape index (κ2) is 6.16. The fourth-order valence-electron chi connectivity index (χ4n) is 1.41. The smallest absolute Gasteiger partial charge is 0.118 e. The van der Waals surface area contributed by atoms with Gasteiger partial charge < -0.3 is 4.74 Å². The molecule has 0 saturated heterocycles. The van der Waals surface area contributed by atoms with Crippen LogP contribution in [-0.2, 0) is 0 Å². The van der Waals surface area contributed by atoms with E-state index in [0.29, 0.717) is 0 Å². The van der Waals surface area contributed by atoms with Gasteiger partial charge in [-0.3, -0.25) is 0 Å². The molecule has 2 rings (SSSR count). The van der Waals surface area contributed by atoms with Crippen molar-refractivity contribution in [3.8, 4) is 5.75 Å². The topological polar surface area (TPSA) is 9.23 Å². The molecule has 0 aliphatic rings. The summed E-state index contributed by atoms with van der Waals surface area (Å²) in [6, 6.07) is 18.3. The normalized spacial score (nSPS) is 10.6. The third-order valence-electron chi connectivity index (χ3n) is 2.32. The van der Waals surface area contributed by atoms with Crippen LogP contribution in [0.25, 0.3) is 6.08 Å². The van der Waals surface area contributed by atoms with Crippen LogP contribution in [0.5, 0.6) is 5.75 Å². The first-order chi connectivity index (χ1) is 8.38. The van der Waals surface area contributed by atoms with Gasteiger partial charge in [0.1, 0.15) is 5.75 Å². The number of benzene rings is 2. The van der Waals surface area contributed by atoms with Gasteiger partial charge in [-0.2, -0.15) is 0 Å². The molecular formula is C15H14OS. The molecule has 0 unspecified atom stereocenters.